The van der Waals surface area contributed by atoms with Gasteiger partial charge >= 0.3 is 10.4 Å². The zero-order chi connectivity index (χ0) is 37.2. The first-order chi connectivity index (χ1) is 22.4. The number of nitrogens with zero attached hydrogens (tertiary/aromatic N) is 4. The van der Waals surface area contributed by atoms with Crippen LogP contribution in [0.4, 0.5) is 23.0 Å². The van der Waals surface area contributed by atoms with Crippen LogP contribution in [0.2, 0.25) is 0 Å². The van der Waals surface area contributed by atoms with Gasteiger partial charge in [0, 0.05) is 29.4 Å². The number of sulfone groups is 1. The van der Waals surface area contributed by atoms with Crippen molar-refractivity contribution in [1.29, 1.82) is 5.26 Å². The van der Waals surface area contributed by atoms with Gasteiger partial charge < -0.3 is 10.6 Å². The number of aromatic nitrogens is 1. The number of rotatable bonds is 15. The molecule has 3 rings (SSSR count). The third-order valence-corrected chi connectivity index (χ3v) is 10.5. The van der Waals surface area contributed by atoms with Crippen LogP contribution in [0.5, 0.6) is 0 Å². The molecule has 49 heavy (non-hydrogen) atoms. The molecule has 0 bridgehead atoms. The van der Waals surface area contributed by atoms with Crippen LogP contribution in [0.3, 0.4) is 0 Å². The molecule has 2 aromatic carbocycles. The van der Waals surface area contributed by atoms with Gasteiger partial charge in [0.1, 0.15) is 33.1 Å². The summed E-state index contributed by atoms with van der Waals surface area (Å²) in [6.45, 7) is 3.19. The van der Waals surface area contributed by atoms with Crippen LogP contribution in [-0.4, -0.2) is 90.7 Å². The fraction of sp³-hybridized carbons (Fsp3) is 0.217. The maximum Gasteiger partial charge on any atom is 0.397 e. The monoisotopic (exact) mass is 784 g/mol. The second-order valence-electron chi connectivity index (χ2n) is 9.49. The standard InChI is InChI=1S/C23H24N6O15S5/c1-3-45(30,31)7-5-26-23-21(13(2)17(12-24)22(27-23)25-4-6-44-49(41,42)43)29-28-18-11-16-14(9-20(18)48(38,39)40)8-15(46(32,33)34)10-19(16)47(35,36)37/h3,8-11H,1,4-7H2,2H3,(H2,25,26,27)(H,32,33,34)(H,35,36,37)(H,38,39,40)(H,41,42,43). The van der Waals surface area contributed by atoms with E-state index in [-0.39, 0.29) is 41.5 Å². The first-order valence-corrected chi connectivity index (χ1v) is 20.1. The molecule has 0 unspecified atom stereocenters. The van der Waals surface area contributed by atoms with Crippen molar-refractivity contribution in [2.45, 2.75) is 21.6 Å². The van der Waals surface area contributed by atoms with E-state index >= 15 is 0 Å². The van der Waals surface area contributed by atoms with Gasteiger partial charge in [0.15, 0.2) is 15.7 Å². The second-order valence-corrected chi connectivity index (χ2v) is 16.9. The topological polar surface area (TPSA) is 346 Å². The second kappa shape index (κ2) is 14.4. The maximum absolute atomic E-state index is 12.3. The lowest BCUT2D eigenvalue weighted by Crippen LogP contribution is -2.17. The zero-order valence-corrected chi connectivity index (χ0v) is 28.6. The number of fused-ring (bicyclic) bond motifs is 1. The molecule has 0 saturated heterocycles. The minimum atomic E-state index is -5.25. The van der Waals surface area contributed by atoms with Crippen molar-refractivity contribution in [3.05, 3.63) is 47.4 Å². The molecule has 1 heterocycles. The summed E-state index contributed by atoms with van der Waals surface area (Å²) in [5.74, 6) is -1.03. The quantitative estimate of drug-likeness (QED) is 0.0726. The van der Waals surface area contributed by atoms with E-state index in [0.717, 1.165) is 0 Å². The molecule has 0 atom stereocenters. The van der Waals surface area contributed by atoms with Crippen LogP contribution in [-0.2, 0) is 54.8 Å². The molecule has 3 aromatic rings. The first-order valence-electron chi connectivity index (χ1n) is 12.7. The van der Waals surface area contributed by atoms with E-state index < -0.39 is 94.1 Å². The highest BCUT2D eigenvalue weighted by molar-refractivity contribution is 7.94. The van der Waals surface area contributed by atoms with Crippen molar-refractivity contribution in [1.82, 2.24) is 4.98 Å². The van der Waals surface area contributed by atoms with Crippen molar-refractivity contribution >= 4 is 84.4 Å². The summed E-state index contributed by atoms with van der Waals surface area (Å²) in [7, 11) is -24.1. The highest BCUT2D eigenvalue weighted by Crippen LogP contribution is 2.38. The van der Waals surface area contributed by atoms with Crippen molar-refractivity contribution < 1.29 is 64.5 Å². The Morgan fingerprint density at radius 3 is 2.00 bits per heavy atom. The number of nitriles is 1. The van der Waals surface area contributed by atoms with Gasteiger partial charge in [-0.15, -0.1) is 10.2 Å². The molecule has 0 aliphatic carbocycles. The van der Waals surface area contributed by atoms with Gasteiger partial charge in [-0.3, -0.25) is 18.2 Å². The van der Waals surface area contributed by atoms with E-state index in [4.69, 9.17) is 4.55 Å². The van der Waals surface area contributed by atoms with Gasteiger partial charge in [0.05, 0.1) is 22.8 Å². The minimum Gasteiger partial charge on any atom is -0.367 e. The highest BCUT2D eigenvalue weighted by Gasteiger charge is 2.25. The molecule has 26 heteroatoms. The molecule has 0 aliphatic heterocycles. The Hall–Kier alpha value is -4.17. The lowest BCUT2D eigenvalue weighted by molar-refractivity contribution is 0.278. The van der Waals surface area contributed by atoms with Gasteiger partial charge in [0.2, 0.25) is 0 Å². The number of nitrogens with one attached hydrogen (secondary N) is 2. The van der Waals surface area contributed by atoms with Crippen molar-refractivity contribution in [3.8, 4) is 6.07 Å². The van der Waals surface area contributed by atoms with E-state index in [0.29, 0.717) is 29.7 Å². The zero-order valence-electron chi connectivity index (χ0n) is 24.5. The lowest BCUT2D eigenvalue weighted by Gasteiger charge is -2.15. The minimum absolute atomic E-state index is 0.0425. The van der Waals surface area contributed by atoms with Crippen LogP contribution >= 0.6 is 0 Å². The SMILES string of the molecule is C=CS(=O)(=O)CCNc1nc(NCCOS(=O)(=O)O)c(C#N)c(C)c1N=Nc1cc2c(S(=O)(=O)O)cc(S(=O)(=O)O)cc2cc1S(=O)(=O)O. The maximum atomic E-state index is 12.3. The molecule has 1 aromatic heterocycles. The first kappa shape index (κ1) is 39.3. The summed E-state index contributed by atoms with van der Waals surface area (Å²) in [5, 5.41) is 22.4. The predicted octanol–water partition coefficient (Wildman–Crippen LogP) is 1.77. The molecule has 0 radical (unpaired) electrons. The molecule has 0 amide bonds. The van der Waals surface area contributed by atoms with Crippen LogP contribution in [0.25, 0.3) is 10.8 Å². The Balaban J connectivity index is 2.29. The van der Waals surface area contributed by atoms with Gasteiger partial charge in [-0.2, -0.15) is 38.9 Å². The normalized spacial score (nSPS) is 13.0. The molecule has 266 valence electrons. The average molecular weight is 785 g/mol. The van der Waals surface area contributed by atoms with Gasteiger partial charge in [0.25, 0.3) is 30.4 Å². The summed E-state index contributed by atoms with van der Waals surface area (Å²) >= 11 is 0. The molecule has 0 saturated carbocycles. The van der Waals surface area contributed by atoms with E-state index in [2.05, 4.69) is 36.6 Å². The summed E-state index contributed by atoms with van der Waals surface area (Å²) in [6, 6.07) is 4.10. The predicted molar refractivity (Wildman–Crippen MR) is 170 cm³/mol. The Kier molecular flexibility index (Phi) is 11.5. The third kappa shape index (κ3) is 10.2. The highest BCUT2D eigenvalue weighted by atomic mass is 32.3. The summed E-state index contributed by atoms with van der Waals surface area (Å²) < 4.78 is 160. The molecule has 21 nitrogen and oxygen atoms in total. The summed E-state index contributed by atoms with van der Waals surface area (Å²) in [4.78, 5) is 0.921. The van der Waals surface area contributed by atoms with E-state index in [1.165, 1.54) is 6.92 Å². The van der Waals surface area contributed by atoms with Crippen molar-refractivity contribution in [2.24, 2.45) is 10.2 Å². The van der Waals surface area contributed by atoms with E-state index in [1.807, 2.05) is 0 Å². The molecule has 0 fully saturated rings. The number of pyridine rings is 1. The molecular formula is C23H24N6O15S5. The fourth-order valence-corrected chi connectivity index (χ4v) is 6.82. The number of hydrogen-bond acceptors (Lipinski definition) is 17. The number of azo groups is 1. The van der Waals surface area contributed by atoms with Gasteiger partial charge in [-0.05, 0) is 36.6 Å². The summed E-state index contributed by atoms with van der Waals surface area (Å²) in [6.07, 6.45) is 0. The number of benzene rings is 2. The van der Waals surface area contributed by atoms with Crippen molar-refractivity contribution in [2.75, 3.05) is 36.1 Å². The average Bonchev–Trinajstić information content (AvgIpc) is 2.96. The Labute approximate surface area is 279 Å². The summed E-state index contributed by atoms with van der Waals surface area (Å²) in [5.41, 5.74) is -1.41. The molecule has 0 aliphatic rings. The van der Waals surface area contributed by atoms with Gasteiger partial charge in [-0.25, -0.2) is 17.6 Å². The lowest BCUT2D eigenvalue weighted by atomic mass is 10.1. The van der Waals surface area contributed by atoms with Crippen LogP contribution in [0, 0.1) is 18.3 Å². The molecule has 6 N–H and O–H groups in total. The third-order valence-electron chi connectivity index (χ3n) is 6.17. The molecular weight excluding hydrogens is 761 g/mol. The fourth-order valence-electron chi connectivity index (χ4n) is 3.99. The Morgan fingerprint density at radius 2 is 1.47 bits per heavy atom. The number of anilines is 2. The smallest absolute Gasteiger partial charge is 0.367 e. The van der Waals surface area contributed by atoms with Gasteiger partial charge in [-0.1, -0.05) is 6.58 Å². The largest absolute Gasteiger partial charge is 0.397 e. The van der Waals surface area contributed by atoms with E-state index in [9.17, 15) is 61.0 Å². The van der Waals surface area contributed by atoms with E-state index in [1.54, 1.807) is 6.07 Å². The van der Waals surface area contributed by atoms with Crippen LogP contribution in [0.15, 0.2) is 61.2 Å². The van der Waals surface area contributed by atoms with Crippen molar-refractivity contribution in [3.63, 3.8) is 0 Å². The number of hydrogen-bond donors (Lipinski definition) is 6. The van der Waals surface area contributed by atoms with Crippen LogP contribution in [0.1, 0.15) is 11.1 Å². The van der Waals surface area contributed by atoms with Crippen LogP contribution < -0.4 is 10.6 Å². The Morgan fingerprint density at radius 1 is 0.857 bits per heavy atom. The molecule has 0 spiro atoms. The Bertz CT molecular complexity index is 2480.